The van der Waals surface area contributed by atoms with Gasteiger partial charge in [-0.25, -0.2) is 13.2 Å². The Morgan fingerprint density at radius 1 is 1.05 bits per heavy atom. The summed E-state index contributed by atoms with van der Waals surface area (Å²) in [7, 11) is 0. The minimum Gasteiger partial charge on any atom is -0.484 e. The highest BCUT2D eigenvalue weighted by atomic mass is 35.5. The fourth-order valence-electron chi connectivity index (χ4n) is 1.57. The molecule has 0 saturated carbocycles. The normalized spacial score (nSPS) is 10.4. The number of carbonyl (C=O) groups excluding carboxylic acids is 1. The summed E-state index contributed by atoms with van der Waals surface area (Å²) < 4.78 is 44.3. The number of ether oxygens (including phenoxy) is 1. The van der Waals surface area contributed by atoms with Crippen LogP contribution in [-0.4, -0.2) is 12.5 Å². The second kappa shape index (κ2) is 6.89. The van der Waals surface area contributed by atoms with Crippen molar-refractivity contribution in [1.82, 2.24) is 0 Å². The number of carbonyl (C=O) groups is 1. The average Bonchev–Trinajstić information content (AvgIpc) is 2.45. The summed E-state index contributed by atoms with van der Waals surface area (Å²) in [5, 5.41) is 2.69. The number of benzene rings is 2. The molecular weight excluding hydrogens is 342 g/mol. The zero-order valence-electron chi connectivity index (χ0n) is 10.8. The van der Waals surface area contributed by atoms with Crippen molar-refractivity contribution in [3.63, 3.8) is 0 Å². The van der Waals surface area contributed by atoms with Crippen molar-refractivity contribution in [2.75, 3.05) is 11.9 Å². The maximum Gasteiger partial charge on any atom is 0.262 e. The number of hydrogen-bond acceptors (Lipinski definition) is 2. The first-order valence-electron chi connectivity index (χ1n) is 5.89. The molecule has 3 nitrogen and oxygen atoms in total. The van der Waals surface area contributed by atoms with Gasteiger partial charge in [-0.05, 0) is 30.3 Å². The van der Waals surface area contributed by atoms with Crippen molar-refractivity contribution >= 4 is 34.8 Å². The number of amides is 1. The van der Waals surface area contributed by atoms with Gasteiger partial charge in [-0.1, -0.05) is 23.2 Å². The van der Waals surface area contributed by atoms with E-state index in [1.165, 1.54) is 18.2 Å². The minimum absolute atomic E-state index is 0.235. The van der Waals surface area contributed by atoms with E-state index >= 15 is 0 Å². The summed E-state index contributed by atoms with van der Waals surface area (Å²) >= 11 is 11.5. The number of anilines is 1. The van der Waals surface area contributed by atoms with Gasteiger partial charge >= 0.3 is 0 Å². The standard InChI is InChI=1S/C14H8Cl2F3NO2/c15-7-3-8(16)5-9(4-7)22-6-12(21)20-11-2-1-10(17)13(18)14(11)19/h1-5H,6H2,(H,20,21). The summed E-state index contributed by atoms with van der Waals surface area (Å²) in [4.78, 5) is 11.6. The van der Waals surface area contributed by atoms with Crippen LogP contribution in [0.15, 0.2) is 30.3 Å². The Labute approximate surface area is 133 Å². The van der Waals surface area contributed by atoms with Crippen LogP contribution in [0.1, 0.15) is 0 Å². The van der Waals surface area contributed by atoms with Gasteiger partial charge < -0.3 is 10.1 Å². The van der Waals surface area contributed by atoms with Gasteiger partial charge in [0.25, 0.3) is 5.91 Å². The smallest absolute Gasteiger partial charge is 0.262 e. The maximum absolute atomic E-state index is 13.4. The zero-order valence-corrected chi connectivity index (χ0v) is 12.3. The van der Waals surface area contributed by atoms with Crippen LogP contribution in [0.5, 0.6) is 5.75 Å². The zero-order chi connectivity index (χ0) is 16.3. The van der Waals surface area contributed by atoms with Crippen LogP contribution >= 0.6 is 23.2 Å². The van der Waals surface area contributed by atoms with Crippen LogP contribution in [-0.2, 0) is 4.79 Å². The molecule has 2 aromatic rings. The second-order valence-electron chi connectivity index (χ2n) is 4.16. The Morgan fingerprint density at radius 2 is 1.68 bits per heavy atom. The molecule has 0 radical (unpaired) electrons. The van der Waals surface area contributed by atoms with Crippen molar-refractivity contribution in [1.29, 1.82) is 0 Å². The Balaban J connectivity index is 2.00. The lowest BCUT2D eigenvalue weighted by Gasteiger charge is -2.09. The summed E-state index contributed by atoms with van der Waals surface area (Å²) in [6.45, 7) is -0.491. The Kier molecular flexibility index (Phi) is 5.15. The molecule has 0 fully saturated rings. The molecule has 0 unspecified atom stereocenters. The van der Waals surface area contributed by atoms with E-state index in [-0.39, 0.29) is 5.75 Å². The van der Waals surface area contributed by atoms with E-state index in [0.717, 1.165) is 6.07 Å². The SMILES string of the molecule is O=C(COc1cc(Cl)cc(Cl)c1)Nc1ccc(F)c(F)c1F. The van der Waals surface area contributed by atoms with E-state index < -0.39 is 35.7 Å². The maximum atomic E-state index is 13.4. The molecule has 8 heteroatoms. The van der Waals surface area contributed by atoms with E-state index in [0.29, 0.717) is 16.1 Å². The number of nitrogens with one attached hydrogen (secondary N) is 1. The third kappa shape index (κ3) is 4.05. The molecule has 0 spiro atoms. The highest BCUT2D eigenvalue weighted by Gasteiger charge is 2.15. The molecule has 1 N–H and O–H groups in total. The number of halogens is 5. The molecule has 0 aliphatic carbocycles. The predicted molar refractivity (Wildman–Crippen MR) is 76.9 cm³/mol. The van der Waals surface area contributed by atoms with E-state index in [9.17, 15) is 18.0 Å². The summed E-state index contributed by atoms with van der Waals surface area (Å²) in [5.41, 5.74) is -0.489. The summed E-state index contributed by atoms with van der Waals surface area (Å²) in [5.74, 6) is -5.03. The Hall–Kier alpha value is -1.92. The van der Waals surface area contributed by atoms with Gasteiger partial charge in [0.2, 0.25) is 0 Å². The van der Waals surface area contributed by atoms with Gasteiger partial charge in [0, 0.05) is 10.0 Å². The molecule has 0 atom stereocenters. The largest absolute Gasteiger partial charge is 0.484 e. The quantitative estimate of drug-likeness (QED) is 0.829. The molecule has 2 aromatic carbocycles. The molecule has 0 aliphatic rings. The fourth-order valence-corrected chi connectivity index (χ4v) is 2.08. The van der Waals surface area contributed by atoms with Gasteiger partial charge in [0.15, 0.2) is 24.1 Å². The predicted octanol–water partition coefficient (Wildman–Crippen LogP) is 4.43. The molecule has 2 rings (SSSR count). The van der Waals surface area contributed by atoms with Gasteiger partial charge in [0.1, 0.15) is 5.75 Å². The number of hydrogen-bond donors (Lipinski definition) is 1. The van der Waals surface area contributed by atoms with E-state index in [4.69, 9.17) is 27.9 Å². The van der Waals surface area contributed by atoms with Crippen LogP contribution < -0.4 is 10.1 Å². The third-order valence-electron chi connectivity index (χ3n) is 2.52. The molecular formula is C14H8Cl2F3NO2. The highest BCUT2D eigenvalue weighted by molar-refractivity contribution is 6.34. The van der Waals surface area contributed by atoms with Gasteiger partial charge in [-0.3, -0.25) is 4.79 Å². The molecule has 0 heterocycles. The first kappa shape index (κ1) is 16.5. The van der Waals surface area contributed by atoms with E-state index in [1.807, 2.05) is 0 Å². The van der Waals surface area contributed by atoms with Crippen LogP contribution in [0.4, 0.5) is 18.9 Å². The van der Waals surface area contributed by atoms with Crippen molar-refractivity contribution in [2.24, 2.45) is 0 Å². The monoisotopic (exact) mass is 349 g/mol. The average molecular weight is 350 g/mol. The van der Waals surface area contributed by atoms with Gasteiger partial charge in [0.05, 0.1) is 5.69 Å². The molecule has 1 amide bonds. The molecule has 0 aromatic heterocycles. The lowest BCUT2D eigenvalue weighted by atomic mass is 10.3. The van der Waals surface area contributed by atoms with Crippen molar-refractivity contribution in [2.45, 2.75) is 0 Å². The molecule has 0 saturated heterocycles. The third-order valence-corrected chi connectivity index (χ3v) is 2.95. The first-order valence-corrected chi connectivity index (χ1v) is 6.64. The lowest BCUT2D eigenvalue weighted by molar-refractivity contribution is -0.118. The van der Waals surface area contributed by atoms with Crippen LogP contribution in [0.25, 0.3) is 0 Å². The Bertz CT molecular complexity index is 705. The minimum atomic E-state index is -1.67. The van der Waals surface area contributed by atoms with Crippen molar-refractivity contribution in [3.8, 4) is 5.75 Å². The van der Waals surface area contributed by atoms with E-state index in [2.05, 4.69) is 5.32 Å². The number of rotatable bonds is 4. The fraction of sp³-hybridized carbons (Fsp3) is 0.0714. The second-order valence-corrected chi connectivity index (χ2v) is 5.04. The molecule has 116 valence electrons. The summed E-state index contributed by atoms with van der Waals surface area (Å²) in [6, 6.07) is 5.94. The lowest BCUT2D eigenvalue weighted by Crippen LogP contribution is -2.21. The Morgan fingerprint density at radius 3 is 2.32 bits per heavy atom. The van der Waals surface area contributed by atoms with Gasteiger partial charge in [-0.2, -0.15) is 0 Å². The topological polar surface area (TPSA) is 38.3 Å². The van der Waals surface area contributed by atoms with Crippen LogP contribution in [0.3, 0.4) is 0 Å². The van der Waals surface area contributed by atoms with Crippen LogP contribution in [0, 0.1) is 17.5 Å². The van der Waals surface area contributed by atoms with Crippen molar-refractivity contribution < 1.29 is 22.7 Å². The molecule has 0 bridgehead atoms. The molecule has 22 heavy (non-hydrogen) atoms. The van der Waals surface area contributed by atoms with Crippen molar-refractivity contribution in [3.05, 3.63) is 57.8 Å². The molecule has 0 aliphatic heterocycles. The van der Waals surface area contributed by atoms with E-state index in [1.54, 1.807) is 0 Å². The summed E-state index contributed by atoms with van der Waals surface area (Å²) in [6.07, 6.45) is 0. The van der Waals surface area contributed by atoms with Gasteiger partial charge in [-0.15, -0.1) is 0 Å². The first-order chi connectivity index (χ1) is 10.4. The van der Waals surface area contributed by atoms with Crippen LogP contribution in [0.2, 0.25) is 10.0 Å². The highest BCUT2D eigenvalue weighted by Crippen LogP contribution is 2.24.